The van der Waals surface area contributed by atoms with Crippen molar-refractivity contribution in [2.24, 2.45) is 0 Å². The van der Waals surface area contributed by atoms with Gasteiger partial charge in [-0.1, -0.05) is 0 Å². The quantitative estimate of drug-likeness (QED) is 0.567. The lowest BCUT2D eigenvalue weighted by molar-refractivity contribution is -0.275. The van der Waals surface area contributed by atoms with E-state index in [4.69, 9.17) is 5.26 Å². The third-order valence-electron chi connectivity index (χ3n) is 1.83. The summed E-state index contributed by atoms with van der Waals surface area (Å²) < 4.78 is 76.7. The fourth-order valence-corrected chi connectivity index (χ4v) is 2.06. The number of hydrogen-bond donors (Lipinski definition) is 0. The van der Waals surface area contributed by atoms with Crippen molar-refractivity contribution in [1.82, 2.24) is 4.98 Å². The van der Waals surface area contributed by atoms with Gasteiger partial charge in [-0.2, -0.15) is 18.4 Å². The molecule has 0 N–H and O–H groups in total. The van der Waals surface area contributed by atoms with E-state index < -0.39 is 39.5 Å². The Balaban J connectivity index is 3.37. The van der Waals surface area contributed by atoms with Gasteiger partial charge in [0.1, 0.15) is 0 Å². The fourth-order valence-electron chi connectivity index (χ4n) is 1.16. The van der Waals surface area contributed by atoms with Crippen LogP contribution in [0.5, 0.6) is 5.75 Å². The highest BCUT2D eigenvalue weighted by Crippen LogP contribution is 2.37. The second-order valence-corrected chi connectivity index (χ2v) is 4.22. The van der Waals surface area contributed by atoms with Crippen LogP contribution in [0.1, 0.15) is 11.3 Å². The summed E-state index contributed by atoms with van der Waals surface area (Å²) in [5.74, 6) is -0.911. The summed E-state index contributed by atoms with van der Waals surface area (Å²) in [6, 6.07) is 1.48. The van der Waals surface area contributed by atoms with E-state index in [1.54, 1.807) is 0 Å². The van der Waals surface area contributed by atoms with E-state index in [1.807, 2.05) is 0 Å². The van der Waals surface area contributed by atoms with E-state index in [9.17, 15) is 26.3 Å². The predicted molar refractivity (Wildman–Crippen MR) is 58.0 cm³/mol. The standard InChI is InChI=1S/C9H3F6IN2O/c10-8(11,12)7-6(16)4(1-2-17)5(3-18-7)19-9(13,14)15/h3H,1H2. The Bertz CT molecular complexity index is 519. The van der Waals surface area contributed by atoms with Gasteiger partial charge >= 0.3 is 12.5 Å². The Morgan fingerprint density at radius 3 is 2.26 bits per heavy atom. The van der Waals surface area contributed by atoms with Crippen molar-refractivity contribution >= 4 is 22.6 Å². The highest BCUT2D eigenvalue weighted by molar-refractivity contribution is 14.1. The predicted octanol–water partition coefficient (Wildman–Crippen LogP) is 3.67. The number of rotatable bonds is 2. The zero-order valence-electron chi connectivity index (χ0n) is 8.73. The van der Waals surface area contributed by atoms with Gasteiger partial charge in [-0.15, -0.1) is 13.2 Å². The number of nitrogens with zero attached hydrogens (tertiary/aromatic N) is 2. The van der Waals surface area contributed by atoms with Gasteiger partial charge < -0.3 is 4.74 Å². The molecule has 0 unspecified atom stereocenters. The van der Waals surface area contributed by atoms with Crippen molar-refractivity contribution in [3.63, 3.8) is 0 Å². The van der Waals surface area contributed by atoms with E-state index in [0.717, 1.165) is 0 Å². The minimum absolute atomic E-state index is 0.311. The van der Waals surface area contributed by atoms with E-state index in [1.165, 1.54) is 28.7 Å². The van der Waals surface area contributed by atoms with Gasteiger partial charge in [-0.05, 0) is 22.6 Å². The number of alkyl halides is 6. The Kier molecular flexibility index (Phi) is 4.49. The monoisotopic (exact) mass is 396 g/mol. The molecular weight excluding hydrogens is 393 g/mol. The van der Waals surface area contributed by atoms with Crippen LogP contribution >= 0.6 is 22.6 Å². The number of aromatic nitrogens is 1. The van der Waals surface area contributed by atoms with Crippen LogP contribution in [0, 0.1) is 14.9 Å². The van der Waals surface area contributed by atoms with Crippen molar-refractivity contribution in [1.29, 1.82) is 5.26 Å². The molecule has 0 saturated carbocycles. The molecule has 104 valence electrons. The molecule has 1 aromatic rings. The average molecular weight is 396 g/mol. The summed E-state index contributed by atoms with van der Waals surface area (Å²) in [5, 5.41) is 8.47. The molecule has 1 aromatic heterocycles. The van der Waals surface area contributed by atoms with Crippen LogP contribution < -0.4 is 4.74 Å². The smallest absolute Gasteiger partial charge is 0.404 e. The van der Waals surface area contributed by atoms with Crippen molar-refractivity contribution in [3.8, 4) is 11.8 Å². The third-order valence-corrected chi connectivity index (χ3v) is 2.99. The zero-order chi connectivity index (χ0) is 14.8. The maximum atomic E-state index is 12.5. The van der Waals surface area contributed by atoms with E-state index in [2.05, 4.69) is 9.72 Å². The fraction of sp³-hybridized carbons (Fsp3) is 0.333. The first-order valence-electron chi connectivity index (χ1n) is 4.43. The lowest BCUT2D eigenvalue weighted by Crippen LogP contribution is -2.20. The van der Waals surface area contributed by atoms with Gasteiger partial charge in [-0.25, -0.2) is 4.98 Å². The average Bonchev–Trinajstić information content (AvgIpc) is 2.19. The van der Waals surface area contributed by atoms with Crippen LogP contribution in [-0.4, -0.2) is 11.3 Å². The zero-order valence-corrected chi connectivity index (χ0v) is 10.9. The highest BCUT2D eigenvalue weighted by Gasteiger charge is 2.38. The molecule has 0 aliphatic heterocycles. The molecular formula is C9H3F6IN2O. The van der Waals surface area contributed by atoms with Crippen molar-refractivity contribution in [3.05, 3.63) is 21.0 Å². The first kappa shape index (κ1) is 15.8. The van der Waals surface area contributed by atoms with Crippen LogP contribution in [0.25, 0.3) is 0 Å². The Morgan fingerprint density at radius 1 is 1.26 bits per heavy atom. The molecule has 0 amide bonds. The molecule has 0 fully saturated rings. The van der Waals surface area contributed by atoms with Gasteiger partial charge in [0.15, 0.2) is 11.4 Å². The van der Waals surface area contributed by atoms with E-state index in [0.29, 0.717) is 6.20 Å². The second kappa shape index (κ2) is 5.40. The van der Waals surface area contributed by atoms with Gasteiger partial charge in [0.2, 0.25) is 0 Å². The van der Waals surface area contributed by atoms with Crippen LogP contribution in [0.15, 0.2) is 6.20 Å². The molecule has 10 heteroatoms. The number of pyridine rings is 1. The van der Waals surface area contributed by atoms with Crippen LogP contribution in [0.4, 0.5) is 26.3 Å². The van der Waals surface area contributed by atoms with Crippen LogP contribution in [-0.2, 0) is 12.6 Å². The first-order valence-corrected chi connectivity index (χ1v) is 5.51. The second-order valence-electron chi connectivity index (χ2n) is 3.14. The number of ether oxygens (including phenoxy) is 1. The minimum Gasteiger partial charge on any atom is -0.404 e. The molecule has 0 saturated heterocycles. The Hall–Kier alpha value is -1.25. The molecule has 1 heterocycles. The summed E-state index contributed by atoms with van der Waals surface area (Å²) in [4.78, 5) is 2.91. The lowest BCUT2D eigenvalue weighted by Gasteiger charge is -2.15. The molecule has 0 bridgehead atoms. The summed E-state index contributed by atoms with van der Waals surface area (Å²) in [5.41, 5.74) is -1.85. The molecule has 0 aliphatic carbocycles. The van der Waals surface area contributed by atoms with Crippen molar-refractivity contribution < 1.29 is 31.1 Å². The topological polar surface area (TPSA) is 45.9 Å². The summed E-state index contributed by atoms with van der Waals surface area (Å²) in [7, 11) is 0. The van der Waals surface area contributed by atoms with E-state index in [-0.39, 0.29) is 0 Å². The minimum atomic E-state index is -5.07. The molecule has 0 atom stereocenters. The number of halogens is 7. The van der Waals surface area contributed by atoms with Gasteiger partial charge in [-0.3, -0.25) is 0 Å². The molecule has 19 heavy (non-hydrogen) atoms. The van der Waals surface area contributed by atoms with Crippen LogP contribution in [0.2, 0.25) is 0 Å². The number of nitriles is 1. The SMILES string of the molecule is N#CCc1c(OC(F)(F)F)cnc(C(F)(F)F)c1I. The van der Waals surface area contributed by atoms with Gasteiger partial charge in [0, 0.05) is 5.56 Å². The molecule has 0 aliphatic rings. The molecule has 1 rings (SSSR count). The normalized spacial score (nSPS) is 12.1. The van der Waals surface area contributed by atoms with Crippen molar-refractivity contribution in [2.75, 3.05) is 0 Å². The maximum absolute atomic E-state index is 12.5. The summed E-state index contributed by atoms with van der Waals surface area (Å²) >= 11 is 1.19. The van der Waals surface area contributed by atoms with Gasteiger partial charge in [0.05, 0.1) is 22.3 Å². The molecule has 3 nitrogen and oxygen atoms in total. The molecule has 0 aromatic carbocycles. The third kappa shape index (κ3) is 4.12. The van der Waals surface area contributed by atoms with Gasteiger partial charge in [0.25, 0.3) is 0 Å². The lowest BCUT2D eigenvalue weighted by atomic mass is 10.1. The maximum Gasteiger partial charge on any atom is 0.573 e. The largest absolute Gasteiger partial charge is 0.573 e. The Morgan fingerprint density at radius 2 is 1.84 bits per heavy atom. The highest BCUT2D eigenvalue weighted by atomic mass is 127. The summed E-state index contributed by atoms with van der Waals surface area (Å²) in [6.07, 6.45) is -10.2. The van der Waals surface area contributed by atoms with Crippen molar-refractivity contribution in [2.45, 2.75) is 19.0 Å². The van der Waals surface area contributed by atoms with Crippen LogP contribution in [0.3, 0.4) is 0 Å². The molecule has 0 spiro atoms. The summed E-state index contributed by atoms with van der Waals surface area (Å²) in [6.45, 7) is 0. The number of hydrogen-bond acceptors (Lipinski definition) is 3. The Labute approximate surface area is 116 Å². The first-order chi connectivity index (χ1) is 8.56. The molecule has 0 radical (unpaired) electrons. The van der Waals surface area contributed by atoms with E-state index >= 15 is 0 Å².